The number of aryl methyl sites for hydroxylation is 1. The van der Waals surface area contributed by atoms with Crippen molar-refractivity contribution in [3.8, 4) is 0 Å². The van der Waals surface area contributed by atoms with Crippen LogP contribution in [0.2, 0.25) is 5.02 Å². The zero-order valence-electron chi connectivity index (χ0n) is 10.1. The first-order valence-electron chi connectivity index (χ1n) is 5.57. The van der Waals surface area contributed by atoms with Gasteiger partial charge in [-0.05, 0) is 40.0 Å². The van der Waals surface area contributed by atoms with Gasteiger partial charge in [-0.3, -0.25) is 0 Å². The number of halogens is 4. The quantitative estimate of drug-likeness (QED) is 0.667. The third kappa shape index (κ3) is 2.87. The first-order valence-corrected chi connectivity index (χ1v) is 7.54. The van der Waals surface area contributed by atoms with E-state index in [0.717, 1.165) is 15.6 Å². The molecule has 19 heavy (non-hydrogen) atoms. The van der Waals surface area contributed by atoms with Crippen LogP contribution in [0.1, 0.15) is 22.7 Å². The van der Waals surface area contributed by atoms with E-state index >= 15 is 0 Å². The minimum absolute atomic E-state index is 0.0525. The molecule has 0 fully saturated rings. The van der Waals surface area contributed by atoms with Crippen LogP contribution in [0.5, 0.6) is 0 Å². The first kappa shape index (κ1) is 15.0. The Morgan fingerprint density at radius 2 is 1.84 bits per heavy atom. The van der Waals surface area contributed by atoms with Crippen LogP contribution in [0, 0.1) is 12.7 Å². The van der Waals surface area contributed by atoms with Crippen molar-refractivity contribution in [2.75, 3.05) is 0 Å². The summed E-state index contributed by atoms with van der Waals surface area (Å²) in [4.78, 5) is 0. The Balaban J connectivity index is 2.53. The number of hydrogen-bond donors (Lipinski definition) is 1. The van der Waals surface area contributed by atoms with E-state index < -0.39 is 11.9 Å². The maximum Gasteiger partial charge on any atom is 0.148 e. The molecule has 0 spiro atoms. The van der Waals surface area contributed by atoms with E-state index in [9.17, 15) is 4.39 Å². The van der Waals surface area contributed by atoms with Crippen LogP contribution in [0.25, 0.3) is 0 Å². The summed E-state index contributed by atoms with van der Waals surface area (Å²) in [5.74, 6) is -0.489. The van der Waals surface area contributed by atoms with Crippen LogP contribution in [-0.4, -0.2) is 0 Å². The smallest absolute Gasteiger partial charge is 0.148 e. The lowest BCUT2D eigenvalue weighted by Gasteiger charge is -2.17. The predicted octanol–water partition coefficient (Wildman–Crippen LogP) is 5.36. The van der Waals surface area contributed by atoms with Gasteiger partial charge in [0.1, 0.15) is 5.82 Å². The molecule has 0 aliphatic carbocycles. The zero-order chi connectivity index (χ0) is 14.2. The molecule has 0 radical (unpaired) electrons. The SMILES string of the molecule is Cc1cccc(C(N)c2ccc(Br)c(Cl)c2F)c1Br. The summed E-state index contributed by atoms with van der Waals surface area (Å²) < 4.78 is 15.6. The fraction of sp³-hybridized carbons (Fsp3) is 0.143. The van der Waals surface area contributed by atoms with Crippen molar-refractivity contribution in [2.45, 2.75) is 13.0 Å². The average Bonchev–Trinajstić information content (AvgIpc) is 2.39. The van der Waals surface area contributed by atoms with Crippen molar-refractivity contribution in [2.24, 2.45) is 5.73 Å². The molecule has 2 aromatic carbocycles. The minimum Gasteiger partial charge on any atom is -0.320 e. The van der Waals surface area contributed by atoms with E-state index in [0.29, 0.717) is 10.0 Å². The van der Waals surface area contributed by atoms with Crippen molar-refractivity contribution in [3.63, 3.8) is 0 Å². The molecule has 5 heteroatoms. The topological polar surface area (TPSA) is 26.0 Å². The van der Waals surface area contributed by atoms with Gasteiger partial charge in [0.05, 0.1) is 11.1 Å². The van der Waals surface area contributed by atoms with Gasteiger partial charge in [0.25, 0.3) is 0 Å². The van der Waals surface area contributed by atoms with E-state index in [1.807, 2.05) is 25.1 Å². The van der Waals surface area contributed by atoms with Gasteiger partial charge in [-0.25, -0.2) is 4.39 Å². The molecular weight excluding hydrogens is 396 g/mol. The van der Waals surface area contributed by atoms with Crippen molar-refractivity contribution in [1.29, 1.82) is 0 Å². The van der Waals surface area contributed by atoms with Crippen LogP contribution < -0.4 is 5.73 Å². The van der Waals surface area contributed by atoms with Crippen LogP contribution in [0.4, 0.5) is 4.39 Å². The van der Waals surface area contributed by atoms with E-state index in [-0.39, 0.29) is 5.02 Å². The van der Waals surface area contributed by atoms with Crippen LogP contribution in [-0.2, 0) is 0 Å². The molecule has 2 N–H and O–H groups in total. The Morgan fingerprint density at radius 3 is 2.53 bits per heavy atom. The van der Waals surface area contributed by atoms with Crippen molar-refractivity contribution < 1.29 is 4.39 Å². The highest BCUT2D eigenvalue weighted by Gasteiger charge is 2.19. The van der Waals surface area contributed by atoms with E-state index in [2.05, 4.69) is 31.9 Å². The van der Waals surface area contributed by atoms with Gasteiger partial charge in [0.2, 0.25) is 0 Å². The van der Waals surface area contributed by atoms with Crippen molar-refractivity contribution in [1.82, 2.24) is 0 Å². The number of rotatable bonds is 2. The Hall–Kier alpha value is -0.420. The van der Waals surface area contributed by atoms with E-state index in [4.69, 9.17) is 17.3 Å². The summed E-state index contributed by atoms with van der Waals surface area (Å²) in [6, 6.07) is 8.50. The van der Waals surface area contributed by atoms with Gasteiger partial charge in [-0.1, -0.05) is 51.8 Å². The van der Waals surface area contributed by atoms with E-state index in [1.165, 1.54) is 0 Å². The fourth-order valence-electron chi connectivity index (χ4n) is 1.86. The number of hydrogen-bond acceptors (Lipinski definition) is 1. The normalized spacial score (nSPS) is 12.5. The van der Waals surface area contributed by atoms with Gasteiger partial charge in [-0.15, -0.1) is 0 Å². The zero-order valence-corrected chi connectivity index (χ0v) is 14.0. The molecular formula is C14H11Br2ClFN. The summed E-state index contributed by atoms with van der Waals surface area (Å²) in [5, 5.41) is 0.0525. The lowest BCUT2D eigenvalue weighted by Crippen LogP contribution is -2.15. The van der Waals surface area contributed by atoms with Crippen molar-refractivity contribution >= 4 is 43.5 Å². The Morgan fingerprint density at radius 1 is 1.16 bits per heavy atom. The molecule has 0 saturated carbocycles. The van der Waals surface area contributed by atoms with Gasteiger partial charge in [0, 0.05) is 14.5 Å². The maximum atomic E-state index is 14.2. The molecule has 0 amide bonds. The molecule has 0 aromatic heterocycles. The molecule has 2 aromatic rings. The number of benzene rings is 2. The lowest BCUT2D eigenvalue weighted by molar-refractivity contribution is 0.599. The Kier molecular flexibility index (Phi) is 4.66. The molecule has 0 bridgehead atoms. The molecule has 2 rings (SSSR count). The van der Waals surface area contributed by atoms with Gasteiger partial charge in [0.15, 0.2) is 0 Å². The molecule has 0 aliphatic heterocycles. The molecule has 1 unspecified atom stereocenters. The highest BCUT2D eigenvalue weighted by Crippen LogP contribution is 2.34. The van der Waals surface area contributed by atoms with Crippen LogP contribution in [0.15, 0.2) is 39.3 Å². The van der Waals surface area contributed by atoms with Crippen LogP contribution >= 0.6 is 43.5 Å². The van der Waals surface area contributed by atoms with Gasteiger partial charge >= 0.3 is 0 Å². The Labute approximate surface area is 133 Å². The summed E-state index contributed by atoms with van der Waals surface area (Å²) in [6.07, 6.45) is 0. The second-order valence-electron chi connectivity index (χ2n) is 4.22. The number of nitrogens with two attached hydrogens (primary N) is 1. The lowest BCUT2D eigenvalue weighted by atomic mass is 9.98. The molecule has 0 heterocycles. The second kappa shape index (κ2) is 5.92. The molecule has 1 nitrogen and oxygen atoms in total. The molecule has 0 aliphatic rings. The maximum absolute atomic E-state index is 14.2. The van der Waals surface area contributed by atoms with Gasteiger partial charge in [-0.2, -0.15) is 0 Å². The fourth-order valence-corrected chi connectivity index (χ4v) is 2.85. The average molecular weight is 408 g/mol. The predicted molar refractivity (Wildman–Crippen MR) is 84.0 cm³/mol. The largest absolute Gasteiger partial charge is 0.320 e. The highest BCUT2D eigenvalue weighted by molar-refractivity contribution is 9.10. The third-order valence-electron chi connectivity index (χ3n) is 2.96. The van der Waals surface area contributed by atoms with Crippen molar-refractivity contribution in [3.05, 3.63) is 66.8 Å². The summed E-state index contributed by atoms with van der Waals surface area (Å²) in [5.41, 5.74) is 8.42. The van der Waals surface area contributed by atoms with Crippen LogP contribution in [0.3, 0.4) is 0 Å². The second-order valence-corrected chi connectivity index (χ2v) is 6.25. The van der Waals surface area contributed by atoms with E-state index in [1.54, 1.807) is 12.1 Å². The van der Waals surface area contributed by atoms with Gasteiger partial charge < -0.3 is 5.73 Å². The third-order valence-corrected chi connectivity index (χ3v) is 5.30. The summed E-state index contributed by atoms with van der Waals surface area (Å²) >= 11 is 12.6. The molecule has 0 saturated heterocycles. The first-order chi connectivity index (χ1) is 8.93. The molecule has 1 atom stereocenters. The standard InChI is InChI=1S/C14H11Br2ClFN/c1-7-3-2-4-8(11(7)16)14(19)9-5-6-10(15)12(17)13(9)18/h2-6,14H,19H2,1H3. The minimum atomic E-state index is -0.570. The molecule has 100 valence electrons. The summed E-state index contributed by atoms with van der Waals surface area (Å²) in [6.45, 7) is 1.96. The Bertz CT molecular complexity index is 631. The monoisotopic (exact) mass is 405 g/mol. The highest BCUT2D eigenvalue weighted by atomic mass is 79.9. The summed E-state index contributed by atoms with van der Waals surface area (Å²) in [7, 11) is 0.